The van der Waals surface area contributed by atoms with Crippen LogP contribution in [0.2, 0.25) is 5.02 Å². The summed E-state index contributed by atoms with van der Waals surface area (Å²) < 4.78 is 40.4. The molecule has 1 amide bonds. The van der Waals surface area contributed by atoms with E-state index >= 15 is 0 Å². The molecule has 0 saturated carbocycles. The van der Waals surface area contributed by atoms with Crippen LogP contribution in [0.3, 0.4) is 0 Å². The van der Waals surface area contributed by atoms with E-state index in [1.165, 1.54) is 10.4 Å². The molecular formula is C20H23ClFN3O3S. The molecule has 0 N–H and O–H groups in total. The Hall–Kier alpha value is -2.03. The van der Waals surface area contributed by atoms with Gasteiger partial charge in [0.1, 0.15) is 5.82 Å². The fourth-order valence-corrected chi connectivity index (χ4v) is 5.24. The average Bonchev–Trinajstić information content (AvgIpc) is 2.70. The minimum Gasteiger partial charge on any atom is -0.308 e. The van der Waals surface area contributed by atoms with Crippen LogP contribution in [0, 0.1) is 11.7 Å². The zero-order valence-corrected chi connectivity index (χ0v) is 17.8. The normalized spacial score (nSPS) is 16.2. The number of rotatable bonds is 5. The van der Waals surface area contributed by atoms with Crippen LogP contribution in [0.5, 0.6) is 0 Å². The lowest BCUT2D eigenvalue weighted by Gasteiger charge is -2.35. The number of carbonyl (C=O) groups is 1. The molecule has 156 valence electrons. The Morgan fingerprint density at radius 3 is 2.52 bits per heavy atom. The first-order chi connectivity index (χ1) is 13.7. The molecule has 2 aromatic rings. The number of benzene rings is 1. The van der Waals surface area contributed by atoms with Crippen molar-refractivity contribution in [2.75, 3.05) is 18.0 Å². The summed E-state index contributed by atoms with van der Waals surface area (Å²) in [7, 11) is -3.79. The number of aromatic nitrogens is 1. The van der Waals surface area contributed by atoms with E-state index < -0.39 is 15.8 Å². The van der Waals surface area contributed by atoms with Crippen molar-refractivity contribution in [2.45, 2.75) is 37.6 Å². The summed E-state index contributed by atoms with van der Waals surface area (Å²) in [6, 6.07) is 6.93. The summed E-state index contributed by atoms with van der Waals surface area (Å²) in [6.07, 6.45) is 4.13. The second-order valence-corrected chi connectivity index (χ2v) is 9.61. The highest BCUT2D eigenvalue weighted by Gasteiger charge is 2.35. The average molecular weight is 440 g/mol. The summed E-state index contributed by atoms with van der Waals surface area (Å²) >= 11 is 5.73. The summed E-state index contributed by atoms with van der Waals surface area (Å²) in [4.78, 5) is 18.9. The topological polar surface area (TPSA) is 70.6 Å². The van der Waals surface area contributed by atoms with Crippen LogP contribution in [-0.4, -0.2) is 42.7 Å². The molecule has 6 nitrogen and oxygen atoms in total. The third kappa shape index (κ3) is 4.60. The molecule has 1 aliphatic rings. The molecule has 1 aliphatic heterocycles. The molecule has 0 aliphatic carbocycles. The van der Waals surface area contributed by atoms with Crippen LogP contribution in [0.25, 0.3) is 0 Å². The lowest BCUT2D eigenvalue weighted by Crippen LogP contribution is -2.46. The van der Waals surface area contributed by atoms with Crippen molar-refractivity contribution in [3.8, 4) is 0 Å². The molecule has 3 rings (SSSR count). The van der Waals surface area contributed by atoms with Gasteiger partial charge in [-0.05, 0) is 57.0 Å². The molecule has 2 heterocycles. The van der Waals surface area contributed by atoms with Gasteiger partial charge < -0.3 is 4.90 Å². The van der Waals surface area contributed by atoms with E-state index in [2.05, 4.69) is 4.98 Å². The Morgan fingerprint density at radius 1 is 1.28 bits per heavy atom. The van der Waals surface area contributed by atoms with Gasteiger partial charge in [0.05, 0.1) is 21.8 Å². The van der Waals surface area contributed by atoms with E-state index in [1.807, 2.05) is 19.9 Å². The van der Waals surface area contributed by atoms with Crippen molar-refractivity contribution in [1.82, 2.24) is 9.29 Å². The van der Waals surface area contributed by atoms with Gasteiger partial charge in [-0.3, -0.25) is 9.78 Å². The molecule has 0 bridgehead atoms. The summed E-state index contributed by atoms with van der Waals surface area (Å²) in [6.45, 7) is 4.30. The van der Waals surface area contributed by atoms with Crippen molar-refractivity contribution in [3.63, 3.8) is 0 Å². The number of carbonyl (C=O) groups excluding carboxylic acids is 1. The number of nitrogens with zero attached hydrogens (tertiary/aromatic N) is 3. The number of piperidine rings is 1. The smallest absolute Gasteiger partial charge is 0.243 e. The third-order valence-electron chi connectivity index (χ3n) is 5.01. The van der Waals surface area contributed by atoms with Crippen molar-refractivity contribution >= 4 is 33.2 Å². The van der Waals surface area contributed by atoms with E-state index in [-0.39, 0.29) is 40.9 Å². The Bertz CT molecular complexity index is 978. The highest BCUT2D eigenvalue weighted by molar-refractivity contribution is 7.89. The van der Waals surface area contributed by atoms with Gasteiger partial charge >= 0.3 is 0 Å². The number of anilines is 1. The van der Waals surface area contributed by atoms with Crippen LogP contribution in [0.15, 0.2) is 47.6 Å². The van der Waals surface area contributed by atoms with Gasteiger partial charge in [-0.2, -0.15) is 4.31 Å². The van der Waals surface area contributed by atoms with Crippen LogP contribution >= 0.6 is 11.6 Å². The van der Waals surface area contributed by atoms with E-state index in [0.717, 1.165) is 17.8 Å². The summed E-state index contributed by atoms with van der Waals surface area (Å²) in [5, 5.41) is -0.236. The van der Waals surface area contributed by atoms with Crippen molar-refractivity contribution < 1.29 is 17.6 Å². The standard InChI is InChI=1S/C20H23ClFN3O3S/c1-14(2)25(16-4-3-9-23-13-16)20(26)15-7-10-24(11-8-15)29(27,28)17-5-6-19(22)18(21)12-17/h3-6,9,12-15H,7-8,10-11H2,1-2H3. The first-order valence-electron chi connectivity index (χ1n) is 9.40. The Kier molecular flexibility index (Phi) is 6.55. The van der Waals surface area contributed by atoms with E-state index in [4.69, 9.17) is 11.6 Å². The van der Waals surface area contributed by atoms with Gasteiger partial charge in [-0.25, -0.2) is 12.8 Å². The number of hydrogen-bond donors (Lipinski definition) is 0. The van der Waals surface area contributed by atoms with Gasteiger partial charge in [-0.1, -0.05) is 11.6 Å². The van der Waals surface area contributed by atoms with Gasteiger partial charge in [0.25, 0.3) is 0 Å². The Balaban J connectivity index is 1.72. The van der Waals surface area contributed by atoms with E-state index in [9.17, 15) is 17.6 Å². The van der Waals surface area contributed by atoms with Gasteiger partial charge in [0.2, 0.25) is 15.9 Å². The maximum absolute atomic E-state index is 13.4. The molecule has 0 unspecified atom stereocenters. The molecule has 1 saturated heterocycles. The van der Waals surface area contributed by atoms with Crippen LogP contribution in [-0.2, 0) is 14.8 Å². The molecule has 0 radical (unpaired) electrons. The molecule has 1 aromatic carbocycles. The van der Waals surface area contributed by atoms with Gasteiger partial charge in [-0.15, -0.1) is 0 Å². The number of halogens is 2. The Labute approximate surface area is 175 Å². The fourth-order valence-electron chi connectivity index (χ4n) is 3.50. The lowest BCUT2D eigenvalue weighted by molar-refractivity contribution is -0.123. The number of amides is 1. The molecular weight excluding hydrogens is 417 g/mol. The van der Waals surface area contributed by atoms with Crippen LogP contribution in [0.4, 0.5) is 10.1 Å². The third-order valence-corrected chi connectivity index (χ3v) is 7.19. The second kappa shape index (κ2) is 8.77. The molecule has 1 fully saturated rings. The highest BCUT2D eigenvalue weighted by atomic mass is 35.5. The number of hydrogen-bond acceptors (Lipinski definition) is 4. The minimum absolute atomic E-state index is 0.0325. The highest BCUT2D eigenvalue weighted by Crippen LogP contribution is 2.29. The zero-order valence-electron chi connectivity index (χ0n) is 16.3. The minimum atomic E-state index is -3.79. The van der Waals surface area contributed by atoms with E-state index in [0.29, 0.717) is 12.8 Å². The number of pyridine rings is 1. The molecule has 9 heteroatoms. The quantitative estimate of drug-likeness (QED) is 0.711. The zero-order chi connectivity index (χ0) is 21.2. The fraction of sp³-hybridized carbons (Fsp3) is 0.400. The predicted molar refractivity (Wildman–Crippen MR) is 110 cm³/mol. The first kappa shape index (κ1) is 21.7. The Morgan fingerprint density at radius 2 is 1.97 bits per heavy atom. The summed E-state index contributed by atoms with van der Waals surface area (Å²) in [5.41, 5.74) is 0.725. The molecule has 1 aromatic heterocycles. The monoisotopic (exact) mass is 439 g/mol. The van der Waals surface area contributed by atoms with Crippen molar-refractivity contribution in [1.29, 1.82) is 0 Å². The maximum Gasteiger partial charge on any atom is 0.243 e. The maximum atomic E-state index is 13.4. The predicted octanol–water partition coefficient (Wildman–Crippen LogP) is 3.72. The molecule has 0 spiro atoms. The lowest BCUT2D eigenvalue weighted by atomic mass is 9.95. The molecule has 0 atom stereocenters. The van der Waals surface area contributed by atoms with Crippen molar-refractivity contribution in [3.05, 3.63) is 53.6 Å². The SMILES string of the molecule is CC(C)N(C(=O)C1CCN(S(=O)(=O)c2ccc(F)c(Cl)c2)CC1)c1cccnc1. The van der Waals surface area contributed by atoms with Gasteiger partial charge in [0.15, 0.2) is 0 Å². The number of sulfonamides is 1. The largest absolute Gasteiger partial charge is 0.308 e. The second-order valence-electron chi connectivity index (χ2n) is 7.27. The van der Waals surface area contributed by atoms with Crippen LogP contribution in [0.1, 0.15) is 26.7 Å². The van der Waals surface area contributed by atoms with E-state index in [1.54, 1.807) is 23.4 Å². The first-order valence-corrected chi connectivity index (χ1v) is 11.2. The van der Waals surface area contributed by atoms with Crippen LogP contribution < -0.4 is 4.90 Å². The van der Waals surface area contributed by atoms with Crippen molar-refractivity contribution in [2.24, 2.45) is 5.92 Å². The summed E-state index contributed by atoms with van der Waals surface area (Å²) in [5.74, 6) is -0.977. The molecule has 29 heavy (non-hydrogen) atoms. The van der Waals surface area contributed by atoms with Gasteiger partial charge in [0, 0.05) is 31.2 Å².